The van der Waals surface area contributed by atoms with Crippen LogP contribution >= 0.6 is 12.2 Å². The van der Waals surface area contributed by atoms with Gasteiger partial charge in [0.05, 0.1) is 17.8 Å². The lowest BCUT2D eigenvalue weighted by Gasteiger charge is -2.29. The minimum atomic E-state index is -0.0154. The summed E-state index contributed by atoms with van der Waals surface area (Å²) in [7, 11) is 0. The number of hydrogen-bond acceptors (Lipinski definition) is 4. The van der Waals surface area contributed by atoms with Gasteiger partial charge in [-0.25, -0.2) is 0 Å². The number of thiocarbonyl (C=S) groups is 1. The Labute approximate surface area is 205 Å². The lowest BCUT2D eigenvalue weighted by atomic mass is 10.0. The topological polar surface area (TPSA) is 58.0 Å². The van der Waals surface area contributed by atoms with E-state index in [1.807, 2.05) is 55.0 Å². The van der Waals surface area contributed by atoms with E-state index in [2.05, 4.69) is 72.7 Å². The monoisotopic (exact) mass is 468 g/mol. The van der Waals surface area contributed by atoms with Gasteiger partial charge in [-0.15, -0.1) is 0 Å². The van der Waals surface area contributed by atoms with Crippen LogP contribution in [0.25, 0.3) is 0 Å². The second kappa shape index (κ2) is 10.5. The molecule has 4 heterocycles. The predicted octanol–water partition coefficient (Wildman–Crippen LogP) is 4.80. The van der Waals surface area contributed by atoms with E-state index in [9.17, 15) is 0 Å². The fraction of sp³-hybridized carbons (Fsp3) is 0.222. The first-order valence-electron chi connectivity index (χ1n) is 11.6. The van der Waals surface area contributed by atoms with Crippen molar-refractivity contribution in [3.8, 4) is 0 Å². The van der Waals surface area contributed by atoms with Crippen LogP contribution in [0.1, 0.15) is 35.5 Å². The Kier molecular flexibility index (Phi) is 6.81. The van der Waals surface area contributed by atoms with Crippen molar-refractivity contribution in [2.24, 2.45) is 0 Å². The molecule has 1 fully saturated rings. The smallest absolute Gasteiger partial charge is 0.170 e. The van der Waals surface area contributed by atoms with Gasteiger partial charge < -0.3 is 20.1 Å². The quantitative estimate of drug-likeness (QED) is 0.272. The average molecular weight is 469 g/mol. The highest BCUT2D eigenvalue weighted by atomic mass is 32.1. The lowest BCUT2D eigenvalue weighted by Crippen LogP contribution is -2.32. The van der Waals surface area contributed by atoms with Crippen LogP contribution in [0.15, 0.2) is 97.6 Å². The fourth-order valence-corrected chi connectivity index (χ4v) is 4.87. The minimum Gasteiger partial charge on any atom is -0.385 e. The van der Waals surface area contributed by atoms with Crippen molar-refractivity contribution in [1.29, 1.82) is 0 Å². The fourth-order valence-electron chi connectivity index (χ4n) is 4.53. The number of rotatable bonds is 9. The highest BCUT2D eigenvalue weighted by molar-refractivity contribution is 7.80. The van der Waals surface area contributed by atoms with E-state index in [0.29, 0.717) is 0 Å². The molecule has 1 saturated heterocycles. The van der Waals surface area contributed by atoms with E-state index in [1.165, 1.54) is 11.3 Å². The molecule has 4 aromatic rings. The van der Waals surface area contributed by atoms with Crippen molar-refractivity contribution in [1.82, 2.24) is 24.8 Å². The van der Waals surface area contributed by atoms with Crippen LogP contribution < -0.4 is 10.6 Å². The number of benzene rings is 1. The van der Waals surface area contributed by atoms with Crippen LogP contribution in [0.5, 0.6) is 0 Å². The lowest BCUT2D eigenvalue weighted by molar-refractivity contribution is 0.303. The summed E-state index contributed by atoms with van der Waals surface area (Å²) in [6, 6.07) is 24.8. The maximum atomic E-state index is 5.83. The number of pyridine rings is 2. The van der Waals surface area contributed by atoms with Crippen molar-refractivity contribution in [2.45, 2.75) is 25.0 Å². The van der Waals surface area contributed by atoms with E-state index in [4.69, 9.17) is 12.2 Å². The summed E-state index contributed by atoms with van der Waals surface area (Å²) < 4.78 is 2.29. The average Bonchev–Trinajstić information content (AvgIpc) is 3.47. The molecule has 0 saturated carbocycles. The highest BCUT2D eigenvalue weighted by Gasteiger charge is 2.40. The van der Waals surface area contributed by atoms with Crippen molar-refractivity contribution in [3.63, 3.8) is 0 Å². The maximum Gasteiger partial charge on any atom is 0.170 e. The molecular weight excluding hydrogens is 440 g/mol. The van der Waals surface area contributed by atoms with Crippen LogP contribution in [0.4, 0.5) is 5.69 Å². The van der Waals surface area contributed by atoms with Crippen LogP contribution in [0.2, 0.25) is 0 Å². The van der Waals surface area contributed by atoms with Crippen molar-refractivity contribution >= 4 is 23.0 Å². The third-order valence-electron chi connectivity index (χ3n) is 6.12. The van der Waals surface area contributed by atoms with Crippen LogP contribution in [-0.2, 0) is 6.54 Å². The van der Waals surface area contributed by atoms with Gasteiger partial charge in [-0.2, -0.15) is 0 Å². The molecular formula is C27H28N6S. The number of aromatic nitrogens is 3. The Morgan fingerprint density at radius 3 is 2.62 bits per heavy atom. The molecule has 3 aromatic heterocycles. The minimum absolute atomic E-state index is 0.0154. The number of nitrogens with zero attached hydrogens (tertiary/aromatic N) is 4. The summed E-state index contributed by atoms with van der Waals surface area (Å²) in [6.07, 6.45) is 8.67. The van der Waals surface area contributed by atoms with E-state index in [0.717, 1.165) is 42.5 Å². The molecule has 0 aliphatic carbocycles. The summed E-state index contributed by atoms with van der Waals surface area (Å²) in [5, 5.41) is 7.83. The first-order valence-corrected chi connectivity index (χ1v) is 12.0. The Morgan fingerprint density at radius 2 is 1.82 bits per heavy atom. The molecule has 0 spiro atoms. The van der Waals surface area contributed by atoms with Gasteiger partial charge in [-0.05, 0) is 66.7 Å². The second-order valence-electron chi connectivity index (χ2n) is 8.39. The molecule has 2 atom stereocenters. The van der Waals surface area contributed by atoms with Crippen LogP contribution in [0, 0.1) is 0 Å². The molecule has 7 heteroatoms. The molecule has 5 rings (SSSR count). The summed E-state index contributed by atoms with van der Waals surface area (Å²) in [5.41, 5.74) is 4.51. The Balaban J connectivity index is 1.38. The summed E-state index contributed by atoms with van der Waals surface area (Å²) in [6.45, 7) is 2.48. The van der Waals surface area contributed by atoms with E-state index >= 15 is 0 Å². The molecule has 0 radical (unpaired) electrons. The highest BCUT2D eigenvalue weighted by Crippen LogP contribution is 2.38. The standard InChI is InChI=1S/C27H28N6S/c34-27-31-25(23-12-4-5-15-30-23)26(33(27)18-8-16-29-22-10-2-1-3-11-22)24-13-7-17-32(24)20-21-9-6-14-28-19-21/h1-7,9-15,17,19,25-26,29H,8,16,18,20H2,(H,31,34)/t25-,26+/m1/s1. The largest absolute Gasteiger partial charge is 0.385 e. The molecule has 0 bridgehead atoms. The van der Waals surface area contributed by atoms with Gasteiger partial charge in [-0.1, -0.05) is 30.3 Å². The Hall–Kier alpha value is -3.71. The molecule has 0 unspecified atom stereocenters. The van der Waals surface area contributed by atoms with Crippen LogP contribution in [0.3, 0.4) is 0 Å². The zero-order valence-electron chi connectivity index (χ0n) is 18.9. The van der Waals surface area contributed by atoms with Gasteiger partial charge in [0.15, 0.2) is 5.11 Å². The summed E-state index contributed by atoms with van der Waals surface area (Å²) >= 11 is 5.83. The van der Waals surface area contributed by atoms with E-state index in [1.54, 1.807) is 0 Å². The zero-order chi connectivity index (χ0) is 23.2. The van der Waals surface area contributed by atoms with Crippen molar-refractivity contribution in [3.05, 3.63) is 115 Å². The van der Waals surface area contributed by atoms with E-state index in [-0.39, 0.29) is 12.1 Å². The third kappa shape index (κ3) is 4.94. The molecule has 0 amide bonds. The van der Waals surface area contributed by atoms with Gasteiger partial charge in [0, 0.05) is 55.8 Å². The molecule has 34 heavy (non-hydrogen) atoms. The van der Waals surface area contributed by atoms with Gasteiger partial charge in [0.1, 0.15) is 0 Å². The Bertz CT molecular complexity index is 1200. The molecule has 1 aromatic carbocycles. The molecule has 172 valence electrons. The first kappa shape index (κ1) is 22.1. The SMILES string of the molecule is S=C1N[C@H](c2ccccn2)[C@H](c2cccn2Cc2cccnc2)N1CCCNc1ccccc1. The van der Waals surface area contributed by atoms with Gasteiger partial charge in [0.2, 0.25) is 0 Å². The zero-order valence-corrected chi connectivity index (χ0v) is 19.7. The Morgan fingerprint density at radius 1 is 0.941 bits per heavy atom. The van der Waals surface area contributed by atoms with Gasteiger partial charge >= 0.3 is 0 Å². The number of anilines is 1. The normalized spacial score (nSPS) is 17.5. The van der Waals surface area contributed by atoms with Crippen molar-refractivity contribution in [2.75, 3.05) is 18.4 Å². The third-order valence-corrected chi connectivity index (χ3v) is 6.47. The number of hydrogen-bond donors (Lipinski definition) is 2. The second-order valence-corrected chi connectivity index (χ2v) is 8.78. The van der Waals surface area contributed by atoms with Gasteiger partial charge in [0.25, 0.3) is 0 Å². The molecule has 1 aliphatic heterocycles. The van der Waals surface area contributed by atoms with Crippen LogP contribution in [-0.4, -0.2) is 37.6 Å². The number of para-hydroxylation sites is 1. The first-order chi connectivity index (χ1) is 16.8. The summed E-state index contributed by atoms with van der Waals surface area (Å²) in [5.74, 6) is 0. The number of nitrogens with one attached hydrogen (secondary N) is 2. The molecule has 1 aliphatic rings. The molecule has 6 nitrogen and oxygen atoms in total. The van der Waals surface area contributed by atoms with Crippen molar-refractivity contribution < 1.29 is 0 Å². The van der Waals surface area contributed by atoms with Gasteiger partial charge in [-0.3, -0.25) is 9.97 Å². The molecule has 2 N–H and O–H groups in total. The van der Waals surface area contributed by atoms with E-state index < -0.39 is 0 Å². The maximum absolute atomic E-state index is 5.83. The predicted molar refractivity (Wildman–Crippen MR) is 139 cm³/mol. The summed E-state index contributed by atoms with van der Waals surface area (Å²) in [4.78, 5) is 11.3.